The van der Waals surface area contributed by atoms with Crippen LogP contribution in [0.25, 0.3) is 0 Å². The van der Waals surface area contributed by atoms with E-state index in [0.29, 0.717) is 5.69 Å². The van der Waals surface area contributed by atoms with E-state index < -0.39 is 22.5 Å². The summed E-state index contributed by atoms with van der Waals surface area (Å²) in [5.74, 6) is -1.10. The second-order valence-electron chi connectivity index (χ2n) is 3.61. The van der Waals surface area contributed by atoms with Gasteiger partial charge >= 0.3 is 5.97 Å². The Kier molecular flexibility index (Phi) is 3.47. The van der Waals surface area contributed by atoms with Crippen molar-refractivity contribution in [2.75, 3.05) is 4.72 Å². The van der Waals surface area contributed by atoms with Crippen LogP contribution in [-0.2, 0) is 21.4 Å². The lowest BCUT2D eigenvalue weighted by Crippen LogP contribution is -2.13. The van der Waals surface area contributed by atoms with Crippen molar-refractivity contribution < 1.29 is 18.3 Å². The van der Waals surface area contributed by atoms with Gasteiger partial charge < -0.3 is 5.11 Å². The predicted octanol–water partition coefficient (Wildman–Crippen LogP) is 0.163. The number of nitrogens with zero attached hydrogens (tertiary/aromatic N) is 3. The standard InChI is InChI=1S/C10H10N4O4S/c15-10(16)7-14-6-9(5-12-14)19(17,18)13-8-2-1-3-11-4-8/h1-6,13H,7H2,(H,15,16). The number of carboxylic acid groups (broad SMARTS) is 1. The molecule has 2 rings (SSSR count). The summed E-state index contributed by atoms with van der Waals surface area (Å²) in [6, 6.07) is 3.14. The fourth-order valence-corrected chi connectivity index (χ4v) is 2.34. The van der Waals surface area contributed by atoms with E-state index in [2.05, 4.69) is 14.8 Å². The fourth-order valence-electron chi connectivity index (χ4n) is 1.35. The van der Waals surface area contributed by atoms with Gasteiger partial charge in [0.25, 0.3) is 10.0 Å². The Bertz CT molecular complexity index is 681. The van der Waals surface area contributed by atoms with Crippen molar-refractivity contribution in [3.05, 3.63) is 36.9 Å². The summed E-state index contributed by atoms with van der Waals surface area (Å²) in [4.78, 5) is 14.2. The Hall–Kier alpha value is -2.42. The normalized spacial score (nSPS) is 11.2. The molecule has 0 bridgehead atoms. The molecule has 0 atom stereocenters. The molecule has 0 unspecified atom stereocenters. The molecule has 0 amide bonds. The Morgan fingerprint density at radius 2 is 2.21 bits per heavy atom. The van der Waals surface area contributed by atoms with Gasteiger partial charge in [-0.2, -0.15) is 5.10 Å². The highest BCUT2D eigenvalue weighted by molar-refractivity contribution is 7.92. The quantitative estimate of drug-likeness (QED) is 0.807. The number of hydrogen-bond donors (Lipinski definition) is 2. The van der Waals surface area contributed by atoms with Gasteiger partial charge in [0.1, 0.15) is 11.4 Å². The van der Waals surface area contributed by atoms with Gasteiger partial charge in [-0.05, 0) is 12.1 Å². The van der Waals surface area contributed by atoms with E-state index in [4.69, 9.17) is 5.11 Å². The molecule has 2 aromatic heterocycles. The van der Waals surface area contributed by atoms with Crippen molar-refractivity contribution in [3.63, 3.8) is 0 Å². The minimum atomic E-state index is -3.79. The maximum Gasteiger partial charge on any atom is 0.325 e. The number of nitrogens with one attached hydrogen (secondary N) is 1. The summed E-state index contributed by atoms with van der Waals surface area (Å²) in [7, 11) is -3.79. The molecule has 0 aliphatic carbocycles. The number of carbonyl (C=O) groups is 1. The zero-order valence-electron chi connectivity index (χ0n) is 9.59. The van der Waals surface area contributed by atoms with E-state index in [1.54, 1.807) is 12.1 Å². The van der Waals surface area contributed by atoms with E-state index in [1.165, 1.54) is 12.4 Å². The Morgan fingerprint density at radius 3 is 2.84 bits per heavy atom. The van der Waals surface area contributed by atoms with Gasteiger partial charge in [-0.25, -0.2) is 8.42 Å². The third kappa shape index (κ3) is 3.28. The number of rotatable bonds is 5. The summed E-state index contributed by atoms with van der Waals surface area (Å²) in [6.07, 6.45) is 5.11. The second kappa shape index (κ2) is 5.06. The number of carboxylic acids is 1. The summed E-state index contributed by atoms with van der Waals surface area (Å²) < 4.78 is 27.3. The lowest BCUT2D eigenvalue weighted by Gasteiger charge is -2.04. The maximum absolute atomic E-state index is 12.0. The van der Waals surface area contributed by atoms with E-state index in [9.17, 15) is 13.2 Å². The molecule has 19 heavy (non-hydrogen) atoms. The fraction of sp³-hybridized carbons (Fsp3) is 0.100. The second-order valence-corrected chi connectivity index (χ2v) is 5.30. The molecule has 2 heterocycles. The van der Waals surface area contributed by atoms with Crippen LogP contribution in [0.15, 0.2) is 41.8 Å². The third-order valence-corrected chi connectivity index (χ3v) is 3.47. The van der Waals surface area contributed by atoms with E-state index >= 15 is 0 Å². The molecule has 9 heteroatoms. The molecule has 0 aliphatic heterocycles. The molecular weight excluding hydrogens is 272 g/mol. The van der Waals surface area contributed by atoms with Gasteiger partial charge in [-0.1, -0.05) is 0 Å². The van der Waals surface area contributed by atoms with Crippen molar-refractivity contribution in [1.82, 2.24) is 14.8 Å². The van der Waals surface area contributed by atoms with Crippen LogP contribution in [0, 0.1) is 0 Å². The summed E-state index contributed by atoms with van der Waals surface area (Å²) in [6.45, 7) is -0.400. The van der Waals surface area contributed by atoms with Crippen molar-refractivity contribution in [3.8, 4) is 0 Å². The first-order valence-electron chi connectivity index (χ1n) is 5.14. The van der Waals surface area contributed by atoms with Crippen LogP contribution in [-0.4, -0.2) is 34.3 Å². The molecule has 0 spiro atoms. The third-order valence-electron chi connectivity index (χ3n) is 2.13. The van der Waals surface area contributed by atoms with Crippen LogP contribution in [0.2, 0.25) is 0 Å². The van der Waals surface area contributed by atoms with Gasteiger partial charge in [0, 0.05) is 12.4 Å². The van der Waals surface area contributed by atoms with Gasteiger partial charge in [0.15, 0.2) is 0 Å². The molecule has 0 aromatic carbocycles. The SMILES string of the molecule is O=C(O)Cn1cc(S(=O)(=O)Nc2cccnc2)cn1. The molecule has 0 saturated carbocycles. The monoisotopic (exact) mass is 282 g/mol. The molecule has 2 aromatic rings. The minimum Gasteiger partial charge on any atom is -0.480 e. The number of sulfonamides is 1. The Morgan fingerprint density at radius 1 is 1.42 bits per heavy atom. The van der Waals surface area contributed by atoms with Crippen molar-refractivity contribution >= 4 is 21.7 Å². The highest BCUT2D eigenvalue weighted by Gasteiger charge is 2.17. The minimum absolute atomic E-state index is 0.113. The highest BCUT2D eigenvalue weighted by atomic mass is 32.2. The first kappa shape index (κ1) is 13.0. The Balaban J connectivity index is 2.20. The maximum atomic E-state index is 12.0. The summed E-state index contributed by atoms with van der Waals surface area (Å²) >= 11 is 0. The number of aromatic nitrogens is 3. The van der Waals surface area contributed by atoms with Crippen molar-refractivity contribution in [1.29, 1.82) is 0 Å². The molecule has 0 radical (unpaired) electrons. The molecule has 8 nitrogen and oxygen atoms in total. The molecule has 0 saturated heterocycles. The van der Waals surface area contributed by atoms with Gasteiger partial charge in [0.05, 0.1) is 18.1 Å². The van der Waals surface area contributed by atoms with Crippen LogP contribution < -0.4 is 4.72 Å². The lowest BCUT2D eigenvalue weighted by molar-refractivity contribution is -0.137. The zero-order valence-corrected chi connectivity index (χ0v) is 10.4. The number of aliphatic carboxylic acids is 1. The number of pyridine rings is 1. The summed E-state index contributed by atoms with van der Waals surface area (Å²) in [5, 5.41) is 12.2. The molecule has 0 fully saturated rings. The zero-order chi connectivity index (χ0) is 13.9. The van der Waals surface area contributed by atoms with Gasteiger partial charge in [-0.15, -0.1) is 0 Å². The van der Waals surface area contributed by atoms with Gasteiger partial charge in [0.2, 0.25) is 0 Å². The van der Waals surface area contributed by atoms with Gasteiger partial charge in [-0.3, -0.25) is 19.2 Å². The molecule has 0 aliphatic rings. The first-order chi connectivity index (χ1) is 8.97. The average molecular weight is 282 g/mol. The van der Waals surface area contributed by atoms with Crippen molar-refractivity contribution in [2.24, 2.45) is 0 Å². The largest absolute Gasteiger partial charge is 0.480 e. The van der Waals surface area contributed by atoms with Crippen molar-refractivity contribution in [2.45, 2.75) is 11.4 Å². The number of hydrogen-bond acceptors (Lipinski definition) is 5. The predicted molar refractivity (Wildman–Crippen MR) is 64.9 cm³/mol. The highest BCUT2D eigenvalue weighted by Crippen LogP contribution is 2.13. The molecular formula is C10H10N4O4S. The Labute approximate surface area is 108 Å². The van der Waals surface area contributed by atoms with Crippen LogP contribution in [0.1, 0.15) is 0 Å². The average Bonchev–Trinajstić information content (AvgIpc) is 2.78. The van der Waals surface area contributed by atoms with Crippen LogP contribution in [0.5, 0.6) is 0 Å². The lowest BCUT2D eigenvalue weighted by atomic mass is 10.4. The smallest absolute Gasteiger partial charge is 0.325 e. The molecule has 2 N–H and O–H groups in total. The molecule has 100 valence electrons. The van der Waals surface area contributed by atoms with Crippen LogP contribution in [0.4, 0.5) is 5.69 Å². The van der Waals surface area contributed by atoms with Crippen LogP contribution in [0.3, 0.4) is 0 Å². The topological polar surface area (TPSA) is 114 Å². The van der Waals surface area contributed by atoms with Crippen LogP contribution >= 0.6 is 0 Å². The number of anilines is 1. The van der Waals surface area contributed by atoms with E-state index in [0.717, 1.165) is 17.1 Å². The summed E-state index contributed by atoms with van der Waals surface area (Å²) in [5.41, 5.74) is 0.313. The van der Waals surface area contributed by atoms with E-state index in [1.807, 2.05) is 0 Å². The first-order valence-corrected chi connectivity index (χ1v) is 6.63. The van der Waals surface area contributed by atoms with E-state index in [-0.39, 0.29) is 4.90 Å².